The Morgan fingerprint density at radius 1 is 1.22 bits per heavy atom. The molecule has 2 N–H and O–H groups in total. The van der Waals surface area contributed by atoms with Crippen LogP contribution >= 0.6 is 0 Å². The van der Waals surface area contributed by atoms with Gasteiger partial charge in [-0.2, -0.15) is 0 Å². The maximum atomic E-state index is 6.44. The van der Waals surface area contributed by atoms with Crippen molar-refractivity contribution in [1.82, 2.24) is 0 Å². The van der Waals surface area contributed by atoms with Crippen LogP contribution in [-0.4, -0.2) is 31.5 Å². The van der Waals surface area contributed by atoms with Gasteiger partial charge in [0.05, 0.1) is 5.60 Å². The van der Waals surface area contributed by atoms with Gasteiger partial charge in [-0.25, -0.2) is 0 Å². The minimum atomic E-state index is 0.0800. The molecule has 0 amide bonds. The van der Waals surface area contributed by atoms with Gasteiger partial charge in [0.2, 0.25) is 0 Å². The Kier molecular flexibility index (Phi) is 4.35. The monoisotopic (exact) mass is 255 g/mol. The van der Waals surface area contributed by atoms with Crippen molar-refractivity contribution in [2.24, 2.45) is 17.1 Å². The molecular formula is C15H29NO2. The van der Waals surface area contributed by atoms with E-state index in [1.165, 1.54) is 0 Å². The highest BCUT2D eigenvalue weighted by atomic mass is 16.5. The molecule has 3 heteroatoms. The smallest absolute Gasteiger partial charge is 0.0729 e. The number of nitrogens with two attached hydrogens (primary N) is 1. The summed E-state index contributed by atoms with van der Waals surface area (Å²) in [7, 11) is 0. The first-order chi connectivity index (χ1) is 8.40. The van der Waals surface area contributed by atoms with Crippen LogP contribution in [0.25, 0.3) is 0 Å². The molecule has 2 heterocycles. The van der Waals surface area contributed by atoms with Gasteiger partial charge in [-0.1, -0.05) is 20.8 Å². The molecule has 2 saturated heterocycles. The molecule has 18 heavy (non-hydrogen) atoms. The molecule has 0 aromatic heterocycles. The van der Waals surface area contributed by atoms with Crippen molar-refractivity contribution in [3.8, 4) is 0 Å². The van der Waals surface area contributed by atoms with Gasteiger partial charge in [-0.15, -0.1) is 0 Å². The van der Waals surface area contributed by atoms with Gasteiger partial charge in [0, 0.05) is 25.9 Å². The van der Waals surface area contributed by atoms with Crippen LogP contribution in [0.5, 0.6) is 0 Å². The molecule has 2 fully saturated rings. The summed E-state index contributed by atoms with van der Waals surface area (Å²) in [6, 6.07) is 0.314. The Labute approximate surface area is 111 Å². The van der Waals surface area contributed by atoms with Crippen molar-refractivity contribution >= 4 is 0 Å². The average Bonchev–Trinajstić information content (AvgIpc) is 2.28. The van der Waals surface area contributed by atoms with Crippen molar-refractivity contribution in [3.63, 3.8) is 0 Å². The van der Waals surface area contributed by atoms with Crippen molar-refractivity contribution < 1.29 is 9.47 Å². The van der Waals surface area contributed by atoms with Gasteiger partial charge in [0.25, 0.3) is 0 Å². The zero-order valence-corrected chi connectivity index (χ0v) is 12.2. The van der Waals surface area contributed by atoms with Crippen LogP contribution < -0.4 is 5.73 Å². The largest absolute Gasteiger partial charge is 0.381 e. The van der Waals surface area contributed by atoms with E-state index in [0.717, 1.165) is 51.9 Å². The Bertz CT molecular complexity index is 261. The number of ether oxygens (including phenoxy) is 2. The molecule has 3 nitrogen and oxygen atoms in total. The maximum Gasteiger partial charge on any atom is 0.0729 e. The van der Waals surface area contributed by atoms with E-state index >= 15 is 0 Å². The second-order valence-corrected chi connectivity index (χ2v) is 7.33. The third-order valence-corrected chi connectivity index (χ3v) is 4.39. The molecule has 0 aromatic rings. The quantitative estimate of drug-likeness (QED) is 0.825. The van der Waals surface area contributed by atoms with E-state index in [1.807, 2.05) is 0 Å². The van der Waals surface area contributed by atoms with Crippen molar-refractivity contribution in [3.05, 3.63) is 0 Å². The van der Waals surface area contributed by atoms with Crippen molar-refractivity contribution in [1.29, 1.82) is 0 Å². The van der Waals surface area contributed by atoms with Crippen molar-refractivity contribution in [2.45, 2.75) is 64.5 Å². The summed E-state index contributed by atoms with van der Waals surface area (Å²) in [6.45, 7) is 9.40. The topological polar surface area (TPSA) is 44.5 Å². The lowest BCUT2D eigenvalue weighted by Gasteiger charge is -2.45. The number of hydrogen-bond acceptors (Lipinski definition) is 3. The van der Waals surface area contributed by atoms with Gasteiger partial charge in [-0.3, -0.25) is 0 Å². The summed E-state index contributed by atoms with van der Waals surface area (Å²) in [6.07, 6.45) is 5.45. The van der Waals surface area contributed by atoms with E-state index in [-0.39, 0.29) is 5.60 Å². The molecule has 0 saturated carbocycles. The fourth-order valence-corrected chi connectivity index (χ4v) is 3.40. The predicted octanol–water partition coefficient (Wildman–Crippen LogP) is 2.73. The third-order valence-electron chi connectivity index (χ3n) is 4.39. The molecule has 2 rings (SSSR count). The first kappa shape index (κ1) is 14.3. The van der Waals surface area contributed by atoms with Crippen LogP contribution in [0.15, 0.2) is 0 Å². The lowest BCUT2D eigenvalue weighted by molar-refractivity contribution is -0.149. The fourth-order valence-electron chi connectivity index (χ4n) is 3.40. The van der Waals surface area contributed by atoms with Crippen LogP contribution in [0.4, 0.5) is 0 Å². The van der Waals surface area contributed by atoms with Gasteiger partial charge in [0.1, 0.15) is 0 Å². The maximum absolute atomic E-state index is 6.44. The minimum Gasteiger partial charge on any atom is -0.381 e. The van der Waals surface area contributed by atoms with Crippen LogP contribution in [0.2, 0.25) is 0 Å². The molecule has 2 atom stereocenters. The highest BCUT2D eigenvalue weighted by Gasteiger charge is 2.40. The predicted molar refractivity (Wildman–Crippen MR) is 73.5 cm³/mol. The van der Waals surface area contributed by atoms with Crippen LogP contribution in [0.1, 0.15) is 52.9 Å². The SMILES string of the molecule is CC(C)(C)CC(N)C1CCOC2(CCOCC2)C1. The first-order valence-corrected chi connectivity index (χ1v) is 7.38. The summed E-state index contributed by atoms with van der Waals surface area (Å²) in [5.74, 6) is 0.621. The van der Waals surface area contributed by atoms with Crippen LogP contribution in [0.3, 0.4) is 0 Å². The van der Waals surface area contributed by atoms with E-state index in [1.54, 1.807) is 0 Å². The Balaban J connectivity index is 1.93. The van der Waals surface area contributed by atoms with E-state index in [0.29, 0.717) is 17.4 Å². The number of rotatable bonds is 2. The van der Waals surface area contributed by atoms with Gasteiger partial charge in [-0.05, 0) is 43.4 Å². The summed E-state index contributed by atoms with van der Waals surface area (Å²) in [5, 5.41) is 0. The van der Waals surface area contributed by atoms with E-state index < -0.39 is 0 Å². The van der Waals surface area contributed by atoms with Gasteiger partial charge >= 0.3 is 0 Å². The highest BCUT2D eigenvalue weighted by Crippen LogP contribution is 2.39. The molecule has 0 aromatic carbocycles. The van der Waals surface area contributed by atoms with E-state index in [2.05, 4.69) is 20.8 Å². The molecule has 0 bridgehead atoms. The second kappa shape index (κ2) is 5.48. The van der Waals surface area contributed by atoms with Crippen LogP contribution in [0, 0.1) is 11.3 Å². The molecule has 2 unspecified atom stereocenters. The Hall–Kier alpha value is -0.120. The van der Waals surface area contributed by atoms with Crippen LogP contribution in [-0.2, 0) is 9.47 Å². The second-order valence-electron chi connectivity index (χ2n) is 7.33. The Morgan fingerprint density at radius 3 is 2.50 bits per heavy atom. The molecule has 0 aliphatic carbocycles. The first-order valence-electron chi connectivity index (χ1n) is 7.38. The fraction of sp³-hybridized carbons (Fsp3) is 1.00. The standard InChI is InChI=1S/C15H29NO2/c1-14(2,3)11-13(16)12-4-7-18-15(10-12)5-8-17-9-6-15/h12-13H,4-11,16H2,1-3H3. The van der Waals surface area contributed by atoms with Gasteiger partial charge in [0.15, 0.2) is 0 Å². The van der Waals surface area contributed by atoms with E-state index in [4.69, 9.17) is 15.2 Å². The summed E-state index contributed by atoms with van der Waals surface area (Å²) < 4.78 is 11.5. The normalized spacial score (nSPS) is 30.3. The summed E-state index contributed by atoms with van der Waals surface area (Å²) >= 11 is 0. The molecule has 2 aliphatic rings. The molecule has 106 valence electrons. The molecule has 0 radical (unpaired) electrons. The summed E-state index contributed by atoms with van der Waals surface area (Å²) in [4.78, 5) is 0. The van der Waals surface area contributed by atoms with E-state index in [9.17, 15) is 0 Å². The zero-order valence-electron chi connectivity index (χ0n) is 12.2. The number of hydrogen-bond donors (Lipinski definition) is 1. The minimum absolute atomic E-state index is 0.0800. The lowest BCUT2D eigenvalue weighted by Crippen LogP contribution is -2.48. The third kappa shape index (κ3) is 3.69. The molecular weight excluding hydrogens is 226 g/mol. The summed E-state index contributed by atoms with van der Waals surface area (Å²) in [5.41, 5.74) is 6.84. The Morgan fingerprint density at radius 2 is 1.89 bits per heavy atom. The lowest BCUT2D eigenvalue weighted by atomic mass is 9.74. The zero-order chi connectivity index (χ0) is 13.2. The molecule has 1 spiro atoms. The average molecular weight is 255 g/mol. The van der Waals surface area contributed by atoms with Crippen molar-refractivity contribution in [2.75, 3.05) is 19.8 Å². The molecule has 2 aliphatic heterocycles. The van der Waals surface area contributed by atoms with Gasteiger partial charge < -0.3 is 15.2 Å². The highest BCUT2D eigenvalue weighted by molar-refractivity contribution is 4.92.